The van der Waals surface area contributed by atoms with Crippen LogP contribution in [0.2, 0.25) is 0 Å². The Balaban J connectivity index is 0.816. The van der Waals surface area contributed by atoms with Crippen LogP contribution in [0.15, 0.2) is 71.4 Å². The summed E-state index contributed by atoms with van der Waals surface area (Å²) in [4.78, 5) is 69.0. The van der Waals surface area contributed by atoms with Crippen LogP contribution in [0.5, 0.6) is 11.5 Å². The Morgan fingerprint density at radius 2 is 1.62 bits per heavy atom. The van der Waals surface area contributed by atoms with Crippen molar-refractivity contribution < 1.29 is 38.4 Å². The number of β-amino-alcohol motifs (C(OH)–C–C–N with tert-alkyl or cyclic N) is 1. The van der Waals surface area contributed by atoms with Gasteiger partial charge in [0.05, 0.1) is 67.2 Å². The fraction of sp³-hybridized carbons (Fsp3) is 0.480. The van der Waals surface area contributed by atoms with Gasteiger partial charge >= 0.3 is 0 Å². The second-order valence-electron chi connectivity index (χ2n) is 18.5. The first-order chi connectivity index (χ1) is 32.6. The van der Waals surface area contributed by atoms with E-state index in [2.05, 4.69) is 30.4 Å². The lowest BCUT2D eigenvalue weighted by Crippen LogP contribution is -2.58. The van der Waals surface area contributed by atoms with Gasteiger partial charge in [-0.3, -0.25) is 34.0 Å². The maximum atomic E-state index is 14.0. The maximum Gasteiger partial charge on any atom is 0.259 e. The van der Waals surface area contributed by atoms with Gasteiger partial charge in [0.25, 0.3) is 5.56 Å². The summed E-state index contributed by atoms with van der Waals surface area (Å²) in [6, 6.07) is 11.9. The molecule has 5 aromatic rings. The van der Waals surface area contributed by atoms with Crippen molar-refractivity contribution in [3.05, 3.63) is 93.7 Å². The number of hydrogen-bond donors (Lipinski definition) is 3. The Labute approximate surface area is 401 Å². The zero-order valence-corrected chi connectivity index (χ0v) is 40.9. The normalized spacial score (nSPS) is 17.3. The highest BCUT2D eigenvalue weighted by Crippen LogP contribution is 2.38. The van der Waals surface area contributed by atoms with E-state index in [-0.39, 0.29) is 44.2 Å². The van der Waals surface area contributed by atoms with Crippen molar-refractivity contribution in [1.82, 2.24) is 39.9 Å². The number of methoxy groups -OCH3 is 2. The van der Waals surface area contributed by atoms with Crippen LogP contribution in [0.3, 0.4) is 0 Å². The second kappa shape index (κ2) is 22.6. The molecule has 2 fully saturated rings. The van der Waals surface area contributed by atoms with Crippen LogP contribution < -0.4 is 25.7 Å². The molecule has 0 aliphatic carbocycles. The number of piperazine rings is 1. The molecule has 3 N–H and O–H groups in total. The zero-order chi connectivity index (χ0) is 48.5. The summed E-state index contributed by atoms with van der Waals surface area (Å²) < 4.78 is 24.9. The molecule has 364 valence electrons. The molecule has 0 bridgehead atoms. The van der Waals surface area contributed by atoms with Gasteiger partial charge in [0, 0.05) is 90.0 Å². The number of carbonyl (C=O) groups excluding carboxylic acids is 3. The van der Waals surface area contributed by atoms with E-state index in [1.54, 1.807) is 49.6 Å². The van der Waals surface area contributed by atoms with Gasteiger partial charge in [-0.25, -0.2) is 4.98 Å². The number of pyridine rings is 2. The zero-order valence-electron chi connectivity index (χ0n) is 40.1. The molecule has 3 amide bonds. The van der Waals surface area contributed by atoms with E-state index < -0.39 is 35.4 Å². The molecule has 3 atom stereocenters. The van der Waals surface area contributed by atoms with Crippen molar-refractivity contribution in [2.24, 2.45) is 12.5 Å². The molecule has 0 radical (unpaired) electrons. The molecule has 5 heterocycles. The number of amides is 3. The van der Waals surface area contributed by atoms with Crippen LogP contribution in [0.4, 0.5) is 0 Å². The van der Waals surface area contributed by atoms with Crippen LogP contribution in [-0.2, 0) is 44.0 Å². The molecular weight excluding hydrogens is 889 g/mol. The number of aliphatic hydroxyl groups is 1. The predicted octanol–water partition coefficient (Wildman–Crippen LogP) is 4.01. The lowest BCUT2D eigenvalue weighted by atomic mass is 9.85. The number of aryl methyl sites for hydroxylation is 2. The summed E-state index contributed by atoms with van der Waals surface area (Å²) in [5.41, 5.74) is 6.65. The molecule has 2 saturated heterocycles. The predicted molar refractivity (Wildman–Crippen MR) is 261 cm³/mol. The number of likely N-dealkylation sites (tertiary alicyclic amines) is 1. The molecule has 3 aromatic heterocycles. The lowest BCUT2D eigenvalue weighted by molar-refractivity contribution is -0.144. The number of hydrogen-bond acceptors (Lipinski definition) is 14. The van der Waals surface area contributed by atoms with Gasteiger partial charge in [0.1, 0.15) is 30.2 Å². The third-order valence-electron chi connectivity index (χ3n) is 12.6. The maximum absolute atomic E-state index is 14.0. The van der Waals surface area contributed by atoms with E-state index in [1.165, 1.54) is 4.90 Å². The minimum absolute atomic E-state index is 0.0108. The van der Waals surface area contributed by atoms with Gasteiger partial charge in [0.2, 0.25) is 17.7 Å². The average molecular weight is 953 g/mol. The molecule has 7 rings (SSSR count). The number of aliphatic hydroxyl groups excluding tert-OH is 1. The Bertz CT molecular complexity index is 2580. The van der Waals surface area contributed by atoms with Gasteiger partial charge in [-0.05, 0) is 52.6 Å². The van der Waals surface area contributed by atoms with Gasteiger partial charge in [-0.2, -0.15) is 0 Å². The minimum atomic E-state index is -0.958. The highest BCUT2D eigenvalue weighted by atomic mass is 32.1. The van der Waals surface area contributed by atoms with Gasteiger partial charge in [0.15, 0.2) is 0 Å². The number of rotatable bonds is 19. The molecule has 2 aromatic carbocycles. The van der Waals surface area contributed by atoms with E-state index >= 15 is 0 Å². The van der Waals surface area contributed by atoms with E-state index in [1.807, 2.05) is 81.9 Å². The lowest BCUT2D eigenvalue weighted by Gasteiger charge is -2.35. The van der Waals surface area contributed by atoms with E-state index in [0.29, 0.717) is 36.6 Å². The van der Waals surface area contributed by atoms with Gasteiger partial charge < -0.3 is 44.2 Å². The Morgan fingerprint density at radius 3 is 2.28 bits per heavy atom. The summed E-state index contributed by atoms with van der Waals surface area (Å²) in [7, 11) is 5.05. The number of aromatic nitrogens is 3. The first-order valence-electron chi connectivity index (χ1n) is 23.0. The van der Waals surface area contributed by atoms with E-state index in [0.717, 1.165) is 76.5 Å². The summed E-state index contributed by atoms with van der Waals surface area (Å²) in [6.07, 6.45) is 4.35. The van der Waals surface area contributed by atoms with Crippen LogP contribution >= 0.6 is 11.3 Å². The largest absolute Gasteiger partial charge is 0.496 e. The second-order valence-corrected chi connectivity index (χ2v) is 19.3. The summed E-state index contributed by atoms with van der Waals surface area (Å²) >= 11 is 1.57. The average Bonchev–Trinajstić information content (AvgIpc) is 3.95. The number of benzene rings is 2. The smallest absolute Gasteiger partial charge is 0.259 e. The minimum Gasteiger partial charge on any atom is -0.496 e. The quantitative estimate of drug-likeness (QED) is 0.101. The SMILES string of the molecule is COc1cc(-c2cn(C)c(=O)c3cnccc23)cc(OC)c1CN1CCN(CCOCCOCC(=O)N[C@H](C(=O)N2C[C@H](O)C[C@H]2C(=O)NCc2ccc(-c3scnc3C)cc2)C(C)(C)C)CC1. The summed E-state index contributed by atoms with van der Waals surface area (Å²) in [5.74, 6) is 0.161. The molecule has 0 saturated carbocycles. The third kappa shape index (κ3) is 12.1. The summed E-state index contributed by atoms with van der Waals surface area (Å²) in [6.45, 7) is 13.3. The third-order valence-corrected chi connectivity index (χ3v) is 13.6. The molecule has 0 unspecified atom stereocenters. The topological polar surface area (TPSA) is 190 Å². The molecular formula is C50H64N8O9S. The van der Waals surface area contributed by atoms with Crippen molar-refractivity contribution in [2.75, 3.05) is 79.9 Å². The van der Waals surface area contributed by atoms with Gasteiger partial charge in [-0.15, -0.1) is 11.3 Å². The van der Waals surface area contributed by atoms with Crippen molar-refractivity contribution in [3.8, 4) is 33.1 Å². The number of nitrogens with one attached hydrogen (secondary N) is 2. The number of carbonyl (C=O) groups is 3. The fourth-order valence-corrected chi connectivity index (χ4v) is 9.60. The first-order valence-corrected chi connectivity index (χ1v) is 23.9. The van der Waals surface area contributed by atoms with Crippen molar-refractivity contribution in [2.45, 2.75) is 65.4 Å². The number of ether oxygens (including phenoxy) is 4. The molecule has 17 nitrogen and oxygen atoms in total. The van der Waals surface area contributed by atoms with E-state index in [9.17, 15) is 24.3 Å². The Morgan fingerprint density at radius 1 is 0.926 bits per heavy atom. The Kier molecular flexibility index (Phi) is 16.6. The first kappa shape index (κ1) is 50.1. The van der Waals surface area contributed by atoms with Crippen LogP contribution in [0.1, 0.15) is 44.0 Å². The summed E-state index contributed by atoms with van der Waals surface area (Å²) in [5, 5.41) is 17.7. The molecule has 2 aliphatic heterocycles. The van der Waals surface area contributed by atoms with Crippen LogP contribution in [0.25, 0.3) is 32.3 Å². The number of thiazole rings is 1. The van der Waals surface area contributed by atoms with Crippen molar-refractivity contribution in [1.29, 1.82) is 0 Å². The molecule has 68 heavy (non-hydrogen) atoms. The molecule has 0 spiro atoms. The van der Waals surface area contributed by atoms with E-state index in [4.69, 9.17) is 18.9 Å². The highest BCUT2D eigenvalue weighted by molar-refractivity contribution is 7.13. The van der Waals surface area contributed by atoms with Crippen molar-refractivity contribution >= 4 is 39.8 Å². The number of fused-ring (bicyclic) bond motifs is 1. The highest BCUT2D eigenvalue weighted by Gasteiger charge is 2.44. The molecule has 18 heteroatoms. The van der Waals surface area contributed by atoms with Crippen molar-refractivity contribution in [3.63, 3.8) is 0 Å². The van der Waals surface area contributed by atoms with Crippen LogP contribution in [-0.4, -0.2) is 150 Å². The van der Waals surface area contributed by atoms with Gasteiger partial charge in [-0.1, -0.05) is 45.0 Å². The standard InChI is InChI=1S/C50H64N8O9S/c1-32-45(68-31-53-32)34-10-8-33(9-11-34)25-52-47(61)41-24-36(59)27-58(41)49(63)46(50(2,3)4)54-44(60)30-67-21-20-66-19-18-56-14-16-57(17-15-56)29-40-42(64-6)22-35(23-43(40)65-7)39-28-55(5)48(62)38-26-51-13-12-37(38)39/h8-13,22-23,26,28,31,36,41,46,59H,14-21,24-25,27,29-30H2,1-7H3,(H,52,61)(H,54,60)/t36-,41+,46-/m1/s1. The van der Waals surface area contributed by atoms with Crippen LogP contribution in [0, 0.1) is 12.3 Å². The number of nitrogens with zero attached hydrogens (tertiary/aromatic N) is 6. The monoisotopic (exact) mass is 952 g/mol. The Hall–Kier alpha value is -5.76. The molecule has 2 aliphatic rings. The fourth-order valence-electron chi connectivity index (χ4n) is 8.79.